The first-order valence-corrected chi connectivity index (χ1v) is 3.37. The summed E-state index contributed by atoms with van der Waals surface area (Å²) in [6.45, 7) is 4.77. The van der Waals surface area contributed by atoms with Crippen molar-refractivity contribution in [2.24, 2.45) is 0 Å². The Morgan fingerprint density at radius 1 is 1.17 bits per heavy atom. The molecule has 2 N–H and O–H groups in total. The van der Waals surface area contributed by atoms with E-state index in [9.17, 15) is 9.59 Å². The average molecular weight is 176 g/mol. The highest BCUT2D eigenvalue weighted by molar-refractivity contribution is 5.96. The largest absolute Gasteiger partial charge is 0.479 e. The van der Waals surface area contributed by atoms with Crippen LogP contribution in [0.2, 0.25) is 0 Å². The molecule has 0 bridgehead atoms. The first kappa shape index (κ1) is 10.9. The van der Waals surface area contributed by atoms with Gasteiger partial charge in [0.25, 0.3) is 6.10 Å². The number of carboxylic acid groups (broad SMARTS) is 2. The lowest BCUT2D eigenvalue weighted by Crippen LogP contribution is -2.39. The Kier molecular flexibility index (Phi) is 3.21. The number of hydrogen-bond donors (Lipinski definition) is 2. The van der Waals surface area contributed by atoms with E-state index < -0.39 is 23.6 Å². The van der Waals surface area contributed by atoms with Crippen LogP contribution in [-0.4, -0.2) is 33.9 Å². The molecule has 0 aliphatic carbocycles. The second-order valence-electron chi connectivity index (χ2n) is 3.29. The fourth-order valence-electron chi connectivity index (χ4n) is 0.560. The molecule has 0 rings (SSSR count). The van der Waals surface area contributed by atoms with Gasteiger partial charge in [-0.15, -0.1) is 0 Å². The lowest BCUT2D eigenvalue weighted by molar-refractivity contribution is -0.175. The van der Waals surface area contributed by atoms with Gasteiger partial charge in [-0.25, -0.2) is 9.59 Å². The summed E-state index contributed by atoms with van der Waals surface area (Å²) in [7, 11) is 0. The lowest BCUT2D eigenvalue weighted by Gasteiger charge is -2.22. The van der Waals surface area contributed by atoms with Gasteiger partial charge in [-0.2, -0.15) is 0 Å². The summed E-state index contributed by atoms with van der Waals surface area (Å²) in [5.41, 5.74) is -0.776. The van der Waals surface area contributed by atoms with E-state index in [4.69, 9.17) is 14.9 Å². The Balaban J connectivity index is 4.35. The van der Waals surface area contributed by atoms with Crippen molar-refractivity contribution in [3.05, 3.63) is 0 Å². The van der Waals surface area contributed by atoms with E-state index in [1.165, 1.54) is 0 Å². The molecule has 12 heavy (non-hydrogen) atoms. The van der Waals surface area contributed by atoms with Gasteiger partial charge in [0.2, 0.25) is 0 Å². The Labute approximate surface area is 70.0 Å². The summed E-state index contributed by atoms with van der Waals surface area (Å²) in [4.78, 5) is 20.6. The van der Waals surface area contributed by atoms with Crippen molar-refractivity contribution in [3.8, 4) is 0 Å². The van der Waals surface area contributed by atoms with Crippen LogP contribution in [0.15, 0.2) is 0 Å². The maximum Gasteiger partial charge on any atom is 0.344 e. The Bertz CT molecular complexity index is 176. The predicted molar refractivity (Wildman–Crippen MR) is 39.9 cm³/mol. The number of rotatable bonds is 3. The van der Waals surface area contributed by atoms with Crippen LogP contribution in [0.1, 0.15) is 20.8 Å². The molecule has 0 aliphatic rings. The zero-order valence-corrected chi connectivity index (χ0v) is 7.20. The first-order chi connectivity index (χ1) is 5.24. The van der Waals surface area contributed by atoms with Crippen LogP contribution >= 0.6 is 0 Å². The van der Waals surface area contributed by atoms with Gasteiger partial charge in [0.05, 0.1) is 5.60 Å². The standard InChI is InChI=1S/C7H12O5/c1-7(2,3)12-4(5(8)9)6(10)11/h4H,1-3H3,(H,8,9)(H,10,11). The third-order valence-corrected chi connectivity index (χ3v) is 0.920. The topological polar surface area (TPSA) is 83.8 Å². The zero-order chi connectivity index (χ0) is 9.94. The molecule has 0 heterocycles. The van der Waals surface area contributed by atoms with Crippen LogP contribution in [-0.2, 0) is 14.3 Å². The van der Waals surface area contributed by atoms with E-state index in [-0.39, 0.29) is 0 Å². The molecule has 0 saturated carbocycles. The summed E-state index contributed by atoms with van der Waals surface area (Å²) in [5, 5.41) is 16.8. The molecule has 0 unspecified atom stereocenters. The van der Waals surface area contributed by atoms with Crippen molar-refractivity contribution in [1.29, 1.82) is 0 Å². The van der Waals surface area contributed by atoms with Crippen molar-refractivity contribution < 1.29 is 24.5 Å². The molecule has 70 valence electrons. The monoisotopic (exact) mass is 176 g/mol. The second kappa shape index (κ2) is 3.53. The molecule has 0 radical (unpaired) electrons. The molecule has 0 fully saturated rings. The normalized spacial score (nSPS) is 11.7. The lowest BCUT2D eigenvalue weighted by atomic mass is 10.2. The van der Waals surface area contributed by atoms with Crippen molar-refractivity contribution in [3.63, 3.8) is 0 Å². The van der Waals surface area contributed by atoms with Crippen LogP contribution in [0.5, 0.6) is 0 Å². The van der Waals surface area contributed by atoms with E-state index in [0.29, 0.717) is 0 Å². The van der Waals surface area contributed by atoms with E-state index in [1.54, 1.807) is 20.8 Å². The molecule has 0 aliphatic heterocycles. The molecule has 0 saturated heterocycles. The molecule has 0 aromatic carbocycles. The summed E-state index contributed by atoms with van der Waals surface area (Å²) < 4.78 is 4.76. The van der Waals surface area contributed by atoms with Gasteiger partial charge < -0.3 is 14.9 Å². The molecule has 5 heteroatoms. The minimum atomic E-state index is -1.79. The summed E-state index contributed by atoms with van der Waals surface area (Å²) in [5.74, 6) is -2.98. The predicted octanol–water partition coefficient (Wildman–Crippen LogP) is 0.339. The fraction of sp³-hybridized carbons (Fsp3) is 0.714. The molecule has 0 amide bonds. The highest BCUT2D eigenvalue weighted by Gasteiger charge is 2.31. The average Bonchev–Trinajstić information content (AvgIpc) is 1.79. The van der Waals surface area contributed by atoms with Gasteiger partial charge in [-0.05, 0) is 20.8 Å². The minimum Gasteiger partial charge on any atom is -0.479 e. The van der Waals surface area contributed by atoms with E-state index in [2.05, 4.69) is 0 Å². The van der Waals surface area contributed by atoms with Gasteiger partial charge in [0, 0.05) is 0 Å². The van der Waals surface area contributed by atoms with Crippen molar-refractivity contribution in [2.45, 2.75) is 32.5 Å². The number of aliphatic carboxylic acids is 2. The summed E-state index contributed by atoms with van der Waals surface area (Å²) in [6.07, 6.45) is -1.79. The second-order valence-corrected chi connectivity index (χ2v) is 3.29. The Morgan fingerprint density at radius 2 is 1.50 bits per heavy atom. The van der Waals surface area contributed by atoms with E-state index in [0.717, 1.165) is 0 Å². The quantitative estimate of drug-likeness (QED) is 0.606. The highest BCUT2D eigenvalue weighted by Crippen LogP contribution is 2.10. The number of hydrogen-bond acceptors (Lipinski definition) is 3. The van der Waals surface area contributed by atoms with Gasteiger partial charge in [0.1, 0.15) is 0 Å². The number of carboxylic acids is 2. The third kappa shape index (κ3) is 3.92. The molecular weight excluding hydrogens is 164 g/mol. The molecule has 0 spiro atoms. The van der Waals surface area contributed by atoms with Gasteiger partial charge in [-0.1, -0.05) is 0 Å². The highest BCUT2D eigenvalue weighted by atomic mass is 16.6. The maximum atomic E-state index is 10.3. The molecular formula is C7H12O5. The fourth-order valence-corrected chi connectivity index (χ4v) is 0.560. The molecule has 0 atom stereocenters. The Morgan fingerprint density at radius 3 is 1.58 bits per heavy atom. The van der Waals surface area contributed by atoms with Crippen LogP contribution in [0.25, 0.3) is 0 Å². The number of ether oxygens (including phenoxy) is 1. The smallest absolute Gasteiger partial charge is 0.344 e. The van der Waals surface area contributed by atoms with Crippen molar-refractivity contribution in [1.82, 2.24) is 0 Å². The maximum absolute atomic E-state index is 10.3. The van der Waals surface area contributed by atoms with Gasteiger partial charge in [0.15, 0.2) is 0 Å². The summed E-state index contributed by atoms with van der Waals surface area (Å²) >= 11 is 0. The molecule has 5 nitrogen and oxygen atoms in total. The first-order valence-electron chi connectivity index (χ1n) is 3.37. The summed E-state index contributed by atoms with van der Waals surface area (Å²) in [6, 6.07) is 0. The van der Waals surface area contributed by atoms with E-state index in [1.807, 2.05) is 0 Å². The van der Waals surface area contributed by atoms with Crippen LogP contribution in [0.3, 0.4) is 0 Å². The third-order valence-electron chi connectivity index (χ3n) is 0.920. The van der Waals surface area contributed by atoms with Crippen LogP contribution < -0.4 is 0 Å². The van der Waals surface area contributed by atoms with Crippen LogP contribution in [0, 0.1) is 0 Å². The van der Waals surface area contributed by atoms with Crippen LogP contribution in [0.4, 0.5) is 0 Å². The zero-order valence-electron chi connectivity index (χ0n) is 7.20. The number of carbonyl (C=O) groups is 2. The van der Waals surface area contributed by atoms with Gasteiger partial charge in [-0.3, -0.25) is 0 Å². The van der Waals surface area contributed by atoms with E-state index >= 15 is 0 Å². The minimum absolute atomic E-state index is 0.776. The molecule has 0 aromatic rings. The van der Waals surface area contributed by atoms with Gasteiger partial charge >= 0.3 is 11.9 Å². The van der Waals surface area contributed by atoms with Crippen molar-refractivity contribution in [2.75, 3.05) is 0 Å². The Hall–Kier alpha value is -1.10. The SMILES string of the molecule is CC(C)(C)OC(C(=O)O)C(=O)O. The molecule has 0 aromatic heterocycles. The van der Waals surface area contributed by atoms with Crippen molar-refractivity contribution >= 4 is 11.9 Å².